The zero-order valence-electron chi connectivity index (χ0n) is 7.57. The van der Waals surface area contributed by atoms with Crippen LogP contribution in [-0.4, -0.2) is 26.0 Å². The van der Waals surface area contributed by atoms with Gasteiger partial charge >= 0.3 is 13.8 Å². The Kier molecular flexibility index (Phi) is 4.28. The molecular formula is C6H13O5P. The largest absolute Gasteiger partial charge is 0.514 e. The van der Waals surface area contributed by atoms with Crippen molar-refractivity contribution in [3.63, 3.8) is 0 Å². The van der Waals surface area contributed by atoms with E-state index in [0.717, 1.165) is 7.11 Å². The number of carbonyl (C=O) groups is 1. The first-order chi connectivity index (χ1) is 5.46. The van der Waals surface area contributed by atoms with Crippen molar-refractivity contribution in [3.05, 3.63) is 0 Å². The van der Waals surface area contributed by atoms with Gasteiger partial charge in [0.1, 0.15) is 0 Å². The molecular weight excluding hydrogens is 183 g/mol. The van der Waals surface area contributed by atoms with E-state index in [1.54, 1.807) is 13.8 Å². The fourth-order valence-electron chi connectivity index (χ4n) is 0.495. The minimum atomic E-state index is -3.32. The van der Waals surface area contributed by atoms with Gasteiger partial charge < -0.3 is 13.8 Å². The SMILES string of the molecule is COC(=O)OP(=O)(OC)C(C)C. The summed E-state index contributed by atoms with van der Waals surface area (Å²) in [6.45, 7) is 3.26. The van der Waals surface area contributed by atoms with Gasteiger partial charge in [0, 0.05) is 7.11 Å². The van der Waals surface area contributed by atoms with Crippen molar-refractivity contribution in [1.82, 2.24) is 0 Å². The lowest BCUT2D eigenvalue weighted by Gasteiger charge is -2.17. The summed E-state index contributed by atoms with van der Waals surface area (Å²) in [6, 6.07) is 0. The molecule has 0 N–H and O–H groups in total. The predicted molar refractivity (Wildman–Crippen MR) is 43.2 cm³/mol. The number of hydrogen-bond donors (Lipinski definition) is 0. The van der Waals surface area contributed by atoms with Crippen molar-refractivity contribution >= 4 is 13.8 Å². The summed E-state index contributed by atoms with van der Waals surface area (Å²) in [4.78, 5) is 10.6. The monoisotopic (exact) mass is 196 g/mol. The molecule has 0 bridgehead atoms. The van der Waals surface area contributed by atoms with E-state index in [2.05, 4.69) is 13.8 Å². The first-order valence-corrected chi connectivity index (χ1v) is 5.00. The van der Waals surface area contributed by atoms with E-state index in [1.807, 2.05) is 0 Å². The summed E-state index contributed by atoms with van der Waals surface area (Å²) in [5, 5.41) is 0. The smallest absolute Gasteiger partial charge is 0.437 e. The molecule has 0 aromatic rings. The Morgan fingerprint density at radius 2 is 1.83 bits per heavy atom. The Hall–Kier alpha value is -0.540. The van der Waals surface area contributed by atoms with E-state index in [0.29, 0.717) is 0 Å². The molecule has 5 nitrogen and oxygen atoms in total. The van der Waals surface area contributed by atoms with Gasteiger partial charge in [-0.3, -0.25) is 0 Å². The zero-order chi connectivity index (χ0) is 9.78. The van der Waals surface area contributed by atoms with E-state index in [9.17, 15) is 9.36 Å². The summed E-state index contributed by atoms with van der Waals surface area (Å²) in [5.41, 5.74) is -0.374. The highest BCUT2D eigenvalue weighted by atomic mass is 31.2. The zero-order valence-corrected chi connectivity index (χ0v) is 8.46. The first-order valence-electron chi connectivity index (χ1n) is 3.39. The van der Waals surface area contributed by atoms with Crippen LogP contribution in [0.3, 0.4) is 0 Å². The molecule has 6 heteroatoms. The van der Waals surface area contributed by atoms with Gasteiger partial charge in [-0.1, -0.05) is 13.8 Å². The Bertz CT molecular complexity index is 200. The molecule has 1 atom stereocenters. The molecule has 0 aliphatic heterocycles. The van der Waals surface area contributed by atoms with Gasteiger partial charge in [-0.05, 0) is 0 Å². The lowest BCUT2D eigenvalue weighted by Crippen LogP contribution is -2.09. The second-order valence-electron chi connectivity index (χ2n) is 2.36. The van der Waals surface area contributed by atoms with Crippen molar-refractivity contribution in [1.29, 1.82) is 0 Å². The van der Waals surface area contributed by atoms with E-state index in [1.165, 1.54) is 7.11 Å². The molecule has 0 heterocycles. The molecule has 72 valence electrons. The van der Waals surface area contributed by atoms with E-state index >= 15 is 0 Å². The van der Waals surface area contributed by atoms with Crippen molar-refractivity contribution in [2.45, 2.75) is 19.5 Å². The summed E-state index contributed by atoms with van der Waals surface area (Å²) in [7, 11) is -0.952. The maximum atomic E-state index is 11.5. The van der Waals surface area contributed by atoms with Crippen LogP contribution in [0.15, 0.2) is 0 Å². The van der Waals surface area contributed by atoms with Gasteiger partial charge in [-0.25, -0.2) is 9.36 Å². The number of hydrogen-bond acceptors (Lipinski definition) is 5. The molecule has 12 heavy (non-hydrogen) atoms. The minimum absolute atomic E-state index is 0.374. The quantitative estimate of drug-likeness (QED) is 0.510. The highest BCUT2D eigenvalue weighted by Gasteiger charge is 2.32. The van der Waals surface area contributed by atoms with Gasteiger partial charge in [0.2, 0.25) is 0 Å². The van der Waals surface area contributed by atoms with Crippen LogP contribution in [0.4, 0.5) is 4.79 Å². The number of methoxy groups -OCH3 is 1. The van der Waals surface area contributed by atoms with Crippen molar-refractivity contribution in [2.24, 2.45) is 0 Å². The van der Waals surface area contributed by atoms with Crippen LogP contribution in [0.2, 0.25) is 0 Å². The average molecular weight is 196 g/mol. The Morgan fingerprint density at radius 1 is 1.33 bits per heavy atom. The topological polar surface area (TPSA) is 61.8 Å². The standard InChI is InChI=1S/C6H13O5P/c1-5(2)12(8,10-4)11-6(7)9-3/h5H,1-4H3. The molecule has 0 fully saturated rings. The molecule has 0 rings (SSSR count). The second kappa shape index (κ2) is 4.48. The molecule has 0 aromatic carbocycles. The molecule has 0 amide bonds. The molecule has 0 radical (unpaired) electrons. The fourth-order valence-corrected chi connectivity index (χ4v) is 1.48. The van der Waals surface area contributed by atoms with Gasteiger partial charge in [-0.15, -0.1) is 0 Å². The molecule has 0 aliphatic carbocycles. The summed E-state index contributed by atoms with van der Waals surface area (Å²) < 4.78 is 24.8. The number of carbonyl (C=O) groups excluding carboxylic acids is 1. The van der Waals surface area contributed by atoms with Crippen molar-refractivity contribution in [2.75, 3.05) is 14.2 Å². The van der Waals surface area contributed by atoms with Crippen LogP contribution in [0.25, 0.3) is 0 Å². The fraction of sp³-hybridized carbons (Fsp3) is 0.833. The normalized spacial score (nSPS) is 15.4. The van der Waals surface area contributed by atoms with Crippen LogP contribution < -0.4 is 0 Å². The van der Waals surface area contributed by atoms with Crippen LogP contribution >= 0.6 is 7.60 Å². The lowest BCUT2D eigenvalue weighted by atomic mass is 10.6. The maximum absolute atomic E-state index is 11.5. The number of rotatable bonds is 3. The summed E-state index contributed by atoms with van der Waals surface area (Å²) in [5.74, 6) is 0. The van der Waals surface area contributed by atoms with Gasteiger partial charge in [-0.2, -0.15) is 0 Å². The Morgan fingerprint density at radius 3 is 2.08 bits per heavy atom. The van der Waals surface area contributed by atoms with E-state index in [4.69, 9.17) is 0 Å². The van der Waals surface area contributed by atoms with Crippen LogP contribution in [0.5, 0.6) is 0 Å². The molecule has 0 aromatic heterocycles. The molecule has 0 saturated carbocycles. The maximum Gasteiger partial charge on any atom is 0.514 e. The highest BCUT2D eigenvalue weighted by Crippen LogP contribution is 2.52. The predicted octanol–water partition coefficient (Wildman–Crippen LogP) is 2.02. The third kappa shape index (κ3) is 2.83. The van der Waals surface area contributed by atoms with Crippen LogP contribution in [0.1, 0.15) is 13.8 Å². The van der Waals surface area contributed by atoms with Crippen LogP contribution in [0, 0.1) is 0 Å². The highest BCUT2D eigenvalue weighted by molar-refractivity contribution is 7.55. The molecule has 1 unspecified atom stereocenters. The average Bonchev–Trinajstić information content (AvgIpc) is 2.03. The van der Waals surface area contributed by atoms with E-state index in [-0.39, 0.29) is 5.66 Å². The molecule has 0 saturated heterocycles. The van der Waals surface area contributed by atoms with Crippen molar-refractivity contribution in [3.8, 4) is 0 Å². The summed E-state index contributed by atoms with van der Waals surface area (Å²) in [6.07, 6.45) is -0.992. The van der Waals surface area contributed by atoms with E-state index < -0.39 is 13.8 Å². The van der Waals surface area contributed by atoms with Gasteiger partial charge in [0.05, 0.1) is 12.8 Å². The Balaban J connectivity index is 4.35. The lowest BCUT2D eigenvalue weighted by molar-refractivity contribution is 0.112. The second-order valence-corrected chi connectivity index (χ2v) is 5.02. The van der Waals surface area contributed by atoms with Crippen molar-refractivity contribution < 1.29 is 23.1 Å². The molecule has 0 spiro atoms. The van der Waals surface area contributed by atoms with Gasteiger partial charge in [0.15, 0.2) is 0 Å². The minimum Gasteiger partial charge on any atom is -0.437 e. The summed E-state index contributed by atoms with van der Waals surface area (Å²) >= 11 is 0. The third-order valence-electron chi connectivity index (χ3n) is 1.26. The molecule has 0 aliphatic rings. The van der Waals surface area contributed by atoms with Gasteiger partial charge in [0.25, 0.3) is 0 Å². The Labute approximate surface area is 71.5 Å². The first kappa shape index (κ1) is 11.5. The van der Waals surface area contributed by atoms with Crippen LogP contribution in [-0.2, 0) is 18.3 Å². The third-order valence-corrected chi connectivity index (χ3v) is 3.43. The number of ether oxygens (including phenoxy) is 1.